The second kappa shape index (κ2) is 10.9. The minimum absolute atomic E-state index is 0.0112. The van der Waals surface area contributed by atoms with E-state index in [-0.39, 0.29) is 33.6 Å². The van der Waals surface area contributed by atoms with Crippen LogP contribution in [0.1, 0.15) is 17.7 Å². The number of hydrogen-bond acceptors (Lipinski definition) is 5. The number of anilines is 1. The van der Waals surface area contributed by atoms with Crippen LogP contribution in [0.4, 0.5) is 5.69 Å². The van der Waals surface area contributed by atoms with Crippen molar-refractivity contribution in [3.05, 3.63) is 82.1 Å². The summed E-state index contributed by atoms with van der Waals surface area (Å²) in [6.07, 6.45) is 1.80. The lowest BCUT2D eigenvalue weighted by atomic mass is 10.1. The van der Waals surface area contributed by atoms with E-state index in [0.29, 0.717) is 12.2 Å². The van der Waals surface area contributed by atoms with E-state index in [1.54, 1.807) is 29.9 Å². The summed E-state index contributed by atoms with van der Waals surface area (Å²) in [5.41, 5.74) is 7.08. The van der Waals surface area contributed by atoms with Crippen LogP contribution in [-0.2, 0) is 27.9 Å². The molecule has 0 saturated carbocycles. The van der Waals surface area contributed by atoms with E-state index < -0.39 is 22.0 Å². The van der Waals surface area contributed by atoms with Gasteiger partial charge in [-0.05, 0) is 36.2 Å². The van der Waals surface area contributed by atoms with E-state index in [0.717, 1.165) is 5.56 Å². The molecule has 0 spiro atoms. The Bertz CT molecular complexity index is 1300. The maximum atomic E-state index is 13.3. The quantitative estimate of drug-likeness (QED) is 0.418. The van der Waals surface area contributed by atoms with Crippen molar-refractivity contribution in [3.63, 3.8) is 0 Å². The van der Waals surface area contributed by atoms with Gasteiger partial charge in [0.2, 0.25) is 15.9 Å². The molecule has 1 unspecified atom stereocenters. The average molecular weight is 520 g/mol. The van der Waals surface area contributed by atoms with Gasteiger partial charge in [0.25, 0.3) is 0 Å². The molecule has 1 heterocycles. The fourth-order valence-electron chi connectivity index (χ4n) is 3.38. The lowest BCUT2D eigenvalue weighted by Crippen LogP contribution is -2.47. The standard InChI is InChI=1S/C23H23Cl2N5O3S/c1-29(15-16-6-3-2-4-7-16)23(31)21(9-11-30-10-5-8-17(30)14-26)28-34(32,33)18-12-19(24)22(27)20(25)13-18/h2-8,10,12-13,21,28H,9,11,15,27H2,1H3. The van der Waals surface area contributed by atoms with Crippen molar-refractivity contribution < 1.29 is 13.2 Å². The van der Waals surface area contributed by atoms with E-state index in [1.807, 2.05) is 30.3 Å². The van der Waals surface area contributed by atoms with Gasteiger partial charge >= 0.3 is 0 Å². The molecule has 0 fully saturated rings. The van der Waals surface area contributed by atoms with Crippen LogP contribution in [0.3, 0.4) is 0 Å². The lowest BCUT2D eigenvalue weighted by molar-refractivity contribution is -0.132. The summed E-state index contributed by atoms with van der Waals surface area (Å²) >= 11 is 12.0. The molecule has 11 heteroatoms. The second-order valence-corrected chi connectivity index (χ2v) is 10.2. The zero-order valence-corrected chi connectivity index (χ0v) is 20.6. The summed E-state index contributed by atoms with van der Waals surface area (Å²) in [7, 11) is -2.57. The number of carbonyl (C=O) groups is 1. The Labute approximate surface area is 208 Å². The maximum Gasteiger partial charge on any atom is 0.241 e. The first-order chi connectivity index (χ1) is 16.1. The molecule has 0 aliphatic rings. The van der Waals surface area contributed by atoms with Crippen LogP contribution in [0.2, 0.25) is 10.0 Å². The minimum atomic E-state index is -4.18. The van der Waals surface area contributed by atoms with Crippen molar-refractivity contribution in [3.8, 4) is 6.07 Å². The molecular formula is C23H23Cl2N5O3S. The van der Waals surface area contributed by atoms with Gasteiger partial charge in [-0.1, -0.05) is 53.5 Å². The second-order valence-electron chi connectivity index (χ2n) is 7.64. The highest BCUT2D eigenvalue weighted by Crippen LogP contribution is 2.30. The molecule has 3 rings (SSSR count). The van der Waals surface area contributed by atoms with Crippen molar-refractivity contribution in [2.75, 3.05) is 12.8 Å². The number of aryl methyl sites for hydroxylation is 1. The normalized spacial score (nSPS) is 12.2. The smallest absolute Gasteiger partial charge is 0.241 e. The number of hydrogen-bond donors (Lipinski definition) is 2. The van der Waals surface area contributed by atoms with Crippen LogP contribution < -0.4 is 10.5 Å². The molecule has 1 amide bonds. The Morgan fingerprint density at radius 1 is 1.18 bits per heavy atom. The molecular weight excluding hydrogens is 497 g/mol. The third-order valence-electron chi connectivity index (χ3n) is 5.20. The highest BCUT2D eigenvalue weighted by molar-refractivity contribution is 7.89. The number of nitriles is 1. The number of carbonyl (C=O) groups excluding carboxylic acids is 1. The van der Waals surface area contributed by atoms with Gasteiger partial charge in [-0.15, -0.1) is 0 Å². The molecule has 34 heavy (non-hydrogen) atoms. The summed E-state index contributed by atoms with van der Waals surface area (Å²) in [6, 6.07) is 16.0. The molecule has 0 bridgehead atoms. The van der Waals surface area contributed by atoms with Gasteiger partial charge < -0.3 is 15.2 Å². The number of nitrogens with zero attached hydrogens (tertiary/aromatic N) is 3. The third-order valence-corrected chi connectivity index (χ3v) is 7.28. The van der Waals surface area contributed by atoms with Gasteiger partial charge in [0.05, 0.1) is 20.6 Å². The number of sulfonamides is 1. The van der Waals surface area contributed by atoms with Crippen molar-refractivity contribution >= 4 is 44.8 Å². The number of halogens is 2. The Hall–Kier alpha value is -3.03. The van der Waals surface area contributed by atoms with Gasteiger partial charge in [0.1, 0.15) is 17.8 Å². The van der Waals surface area contributed by atoms with Gasteiger partial charge in [-0.2, -0.15) is 9.98 Å². The van der Waals surface area contributed by atoms with Crippen molar-refractivity contribution in [2.24, 2.45) is 0 Å². The molecule has 1 atom stereocenters. The first-order valence-corrected chi connectivity index (χ1v) is 12.5. The van der Waals surface area contributed by atoms with Gasteiger partial charge in [0, 0.05) is 26.3 Å². The number of aromatic nitrogens is 1. The predicted octanol–water partition coefficient (Wildman–Crippen LogP) is 3.64. The van der Waals surface area contributed by atoms with Crippen LogP contribution >= 0.6 is 23.2 Å². The van der Waals surface area contributed by atoms with Crippen molar-refractivity contribution in [2.45, 2.75) is 30.4 Å². The summed E-state index contributed by atoms with van der Waals surface area (Å²) in [6.45, 7) is 0.543. The highest BCUT2D eigenvalue weighted by atomic mass is 35.5. The van der Waals surface area contributed by atoms with E-state index in [1.165, 1.54) is 17.0 Å². The molecule has 0 saturated heterocycles. The van der Waals surface area contributed by atoms with E-state index in [4.69, 9.17) is 28.9 Å². The van der Waals surface area contributed by atoms with Gasteiger partial charge in [-0.3, -0.25) is 4.79 Å². The molecule has 0 radical (unpaired) electrons. The van der Waals surface area contributed by atoms with Crippen LogP contribution in [0.25, 0.3) is 0 Å². The number of rotatable bonds is 9. The van der Waals surface area contributed by atoms with Gasteiger partial charge in [0.15, 0.2) is 0 Å². The molecule has 178 valence electrons. The summed E-state index contributed by atoms with van der Waals surface area (Å²) in [4.78, 5) is 14.6. The Balaban J connectivity index is 1.87. The van der Waals surface area contributed by atoms with Crippen LogP contribution in [0, 0.1) is 11.3 Å². The highest BCUT2D eigenvalue weighted by Gasteiger charge is 2.29. The number of nitrogens with one attached hydrogen (secondary N) is 1. The van der Waals surface area contributed by atoms with Gasteiger partial charge in [-0.25, -0.2) is 8.42 Å². The maximum absolute atomic E-state index is 13.3. The topological polar surface area (TPSA) is 121 Å². The Kier molecular flexibility index (Phi) is 8.23. The molecule has 1 aromatic heterocycles. The Morgan fingerprint density at radius 3 is 2.44 bits per heavy atom. The average Bonchev–Trinajstić information content (AvgIpc) is 3.27. The number of nitrogens with two attached hydrogens (primary N) is 1. The number of nitrogen functional groups attached to an aromatic ring is 1. The molecule has 2 aromatic carbocycles. The van der Waals surface area contributed by atoms with Crippen molar-refractivity contribution in [1.29, 1.82) is 5.26 Å². The first kappa shape index (κ1) is 25.6. The largest absolute Gasteiger partial charge is 0.396 e. The number of amides is 1. The molecule has 3 aromatic rings. The van der Waals surface area contributed by atoms with Crippen LogP contribution in [0.15, 0.2) is 65.7 Å². The number of benzene rings is 2. The lowest BCUT2D eigenvalue weighted by Gasteiger charge is -2.25. The van der Waals surface area contributed by atoms with Crippen molar-refractivity contribution in [1.82, 2.24) is 14.2 Å². The molecule has 8 nitrogen and oxygen atoms in total. The zero-order chi connectivity index (χ0) is 24.9. The fourth-order valence-corrected chi connectivity index (χ4v) is 5.28. The van der Waals surface area contributed by atoms with E-state index in [2.05, 4.69) is 10.8 Å². The Morgan fingerprint density at radius 2 is 1.82 bits per heavy atom. The molecule has 0 aliphatic heterocycles. The summed E-state index contributed by atoms with van der Waals surface area (Å²) in [5.74, 6) is -0.425. The van der Waals surface area contributed by atoms with E-state index >= 15 is 0 Å². The molecule has 3 N–H and O–H groups in total. The fraction of sp³-hybridized carbons (Fsp3) is 0.217. The zero-order valence-electron chi connectivity index (χ0n) is 18.3. The minimum Gasteiger partial charge on any atom is -0.396 e. The van der Waals surface area contributed by atoms with E-state index in [9.17, 15) is 18.5 Å². The van der Waals surface area contributed by atoms with Crippen LogP contribution in [-0.4, -0.2) is 36.9 Å². The molecule has 0 aliphatic carbocycles. The summed E-state index contributed by atoms with van der Waals surface area (Å²) in [5, 5.41) is 9.23. The van der Waals surface area contributed by atoms with Crippen LogP contribution in [0.5, 0.6) is 0 Å². The monoisotopic (exact) mass is 519 g/mol. The third kappa shape index (κ3) is 6.10. The summed E-state index contributed by atoms with van der Waals surface area (Å²) < 4.78 is 30.4. The predicted molar refractivity (Wildman–Crippen MR) is 132 cm³/mol. The number of likely N-dealkylation sites (N-methyl/N-ethyl adjacent to an activating group) is 1. The first-order valence-electron chi connectivity index (χ1n) is 10.2. The SMILES string of the molecule is CN(Cc1ccccc1)C(=O)C(CCn1cccc1C#N)NS(=O)(=O)c1cc(Cl)c(N)c(Cl)c1.